The van der Waals surface area contributed by atoms with Gasteiger partial charge >= 0.3 is 0 Å². The summed E-state index contributed by atoms with van der Waals surface area (Å²) in [5.74, 6) is 0. The average molecular weight is 322 g/mol. The zero-order valence-corrected chi connectivity index (χ0v) is 9.91. The van der Waals surface area contributed by atoms with Gasteiger partial charge in [-0.25, -0.2) is 9.78 Å². The first-order valence-corrected chi connectivity index (χ1v) is 5.16. The normalized spacial score (nSPS) is 10.4. The Kier molecular flexibility index (Phi) is 2.61. The van der Waals surface area contributed by atoms with Crippen LogP contribution in [0, 0.1) is 4.77 Å². The quantitative estimate of drug-likeness (QED) is 0.452. The molecule has 0 fully saturated rings. The van der Waals surface area contributed by atoms with Gasteiger partial charge in [0.2, 0.25) is 4.77 Å². The van der Waals surface area contributed by atoms with Crippen molar-refractivity contribution in [3.63, 3.8) is 0 Å². The number of rotatable bonds is 2. The van der Waals surface area contributed by atoms with Crippen LogP contribution in [0.2, 0.25) is 0 Å². The van der Waals surface area contributed by atoms with Crippen molar-refractivity contribution in [1.29, 1.82) is 0 Å². The van der Waals surface area contributed by atoms with E-state index in [4.69, 9.17) is 17.4 Å². The summed E-state index contributed by atoms with van der Waals surface area (Å²) < 4.78 is 4.17. The van der Waals surface area contributed by atoms with E-state index >= 15 is 0 Å². The Hall–Kier alpha value is -0.800. The Morgan fingerprint density at radius 3 is 2.86 bits per heavy atom. The van der Waals surface area contributed by atoms with Gasteiger partial charge in [0.05, 0.1) is 11.4 Å². The Balaban J connectivity index is 2.49. The molecule has 0 atom stereocenters. The lowest BCUT2D eigenvalue weighted by molar-refractivity contribution is 0.389. The fourth-order valence-electron chi connectivity index (χ4n) is 1.14. The summed E-state index contributed by atoms with van der Waals surface area (Å²) in [4.78, 5) is 0. The van der Waals surface area contributed by atoms with Crippen LogP contribution in [0.15, 0.2) is 24.3 Å². The Bertz CT molecular complexity index is 500. The molecule has 0 aliphatic carbocycles. The summed E-state index contributed by atoms with van der Waals surface area (Å²) in [5.41, 5.74) is 3.61. The summed E-state index contributed by atoms with van der Waals surface area (Å²) in [5, 5.41) is 11.6. The van der Waals surface area contributed by atoms with Gasteiger partial charge in [-0.1, -0.05) is 6.07 Å². The van der Waals surface area contributed by atoms with E-state index in [2.05, 4.69) is 33.4 Å². The molecule has 1 aromatic heterocycles. The minimum atomic E-state index is 0.627. The van der Waals surface area contributed by atoms with E-state index in [0.29, 0.717) is 10.5 Å². The summed E-state index contributed by atoms with van der Waals surface area (Å²) in [6.07, 6.45) is 0. The molecule has 0 bridgehead atoms. The number of anilines is 1. The Morgan fingerprint density at radius 1 is 1.50 bits per heavy atom. The largest absolute Gasteiger partial charge is 0.291 e. The van der Waals surface area contributed by atoms with Crippen molar-refractivity contribution in [2.24, 2.45) is 0 Å². The second-order valence-corrected chi connectivity index (χ2v) is 3.95. The molecule has 0 aliphatic heterocycles. The van der Waals surface area contributed by atoms with Crippen LogP contribution in [-0.2, 0) is 0 Å². The van der Waals surface area contributed by atoms with Crippen LogP contribution < -0.4 is 5.48 Å². The summed E-state index contributed by atoms with van der Waals surface area (Å²) in [7, 11) is 0. The van der Waals surface area contributed by atoms with E-state index in [9.17, 15) is 0 Å². The van der Waals surface area contributed by atoms with E-state index in [0.717, 1.165) is 5.69 Å². The number of aromatic amines is 1. The number of hydrogen-bond acceptors (Lipinski definition) is 3. The lowest BCUT2D eigenvalue weighted by Crippen LogP contribution is -2.18. The maximum atomic E-state index is 8.73. The van der Waals surface area contributed by atoms with Crippen LogP contribution in [-0.4, -0.2) is 18.0 Å². The van der Waals surface area contributed by atoms with Crippen LogP contribution >= 0.6 is 35.1 Å². The van der Waals surface area contributed by atoms with Crippen molar-refractivity contribution >= 4 is 40.8 Å². The third kappa shape index (κ3) is 1.57. The van der Waals surface area contributed by atoms with E-state index < -0.39 is 0 Å². The summed E-state index contributed by atoms with van der Waals surface area (Å²) in [6, 6.07) is 7.29. The molecule has 0 saturated heterocycles. The van der Waals surface area contributed by atoms with Gasteiger partial charge in [0.25, 0.3) is 0 Å². The van der Waals surface area contributed by atoms with Crippen LogP contribution in [0.4, 0.5) is 5.69 Å². The first-order valence-electron chi connectivity index (χ1n) is 3.79. The SMILES string of the molecule is ONc1cccc(-n2c(=S)[nH]n2I)c1. The minimum Gasteiger partial charge on any atom is -0.291 e. The van der Waals surface area contributed by atoms with Crippen molar-refractivity contribution < 1.29 is 5.21 Å². The molecule has 3 N–H and O–H groups in total. The van der Waals surface area contributed by atoms with Crippen molar-refractivity contribution in [3.8, 4) is 5.69 Å². The van der Waals surface area contributed by atoms with Gasteiger partial charge < -0.3 is 0 Å². The zero-order valence-electron chi connectivity index (χ0n) is 6.94. The van der Waals surface area contributed by atoms with Crippen LogP contribution in [0.5, 0.6) is 0 Å². The van der Waals surface area contributed by atoms with Gasteiger partial charge in [0.1, 0.15) is 22.9 Å². The summed E-state index contributed by atoms with van der Waals surface area (Å²) in [6.45, 7) is 0. The average Bonchev–Trinajstić information content (AvgIpc) is 2.17. The number of benzene rings is 1. The van der Waals surface area contributed by atoms with Crippen molar-refractivity contribution in [2.75, 3.05) is 5.48 Å². The molecule has 0 saturated carbocycles. The Labute approximate surface area is 98.8 Å². The standard InChI is InChI=1S/C7H7IN4OS/c8-12-9-7(14)11(12)6-3-1-2-5(4-6)10-13/h1-4,10,13H,(H,9,14). The highest BCUT2D eigenvalue weighted by molar-refractivity contribution is 14.1. The predicted molar refractivity (Wildman–Crippen MR) is 63.8 cm³/mol. The first kappa shape index (κ1) is 9.74. The van der Waals surface area contributed by atoms with Crippen molar-refractivity contribution in [2.45, 2.75) is 0 Å². The smallest absolute Gasteiger partial charge is 0.215 e. The van der Waals surface area contributed by atoms with Gasteiger partial charge in [0, 0.05) is 0 Å². The molecule has 5 nitrogen and oxygen atoms in total. The molecule has 0 spiro atoms. The number of halogens is 1. The molecule has 2 aromatic rings. The van der Waals surface area contributed by atoms with E-state index in [1.807, 2.05) is 12.1 Å². The highest BCUT2D eigenvalue weighted by Crippen LogP contribution is 2.16. The van der Waals surface area contributed by atoms with Crippen molar-refractivity contribution in [3.05, 3.63) is 29.0 Å². The maximum Gasteiger partial charge on any atom is 0.215 e. The molecule has 14 heavy (non-hydrogen) atoms. The molecule has 2 rings (SSSR count). The number of aromatic nitrogens is 3. The third-order valence-corrected chi connectivity index (χ3v) is 2.71. The molecule has 1 heterocycles. The monoisotopic (exact) mass is 322 g/mol. The van der Waals surface area contributed by atoms with Gasteiger partial charge in [-0.15, -0.1) is 0 Å². The zero-order chi connectivity index (χ0) is 10.1. The lowest BCUT2D eigenvalue weighted by Gasteiger charge is -2.15. The van der Waals surface area contributed by atoms with Gasteiger partial charge in [-0.05, 0) is 30.4 Å². The van der Waals surface area contributed by atoms with E-state index in [1.165, 1.54) is 0 Å². The first-order chi connectivity index (χ1) is 6.72. The fourth-order valence-corrected chi connectivity index (χ4v) is 2.41. The lowest BCUT2D eigenvalue weighted by atomic mass is 10.3. The molecule has 0 radical (unpaired) electrons. The fraction of sp³-hybridized carbons (Fsp3) is 0. The van der Waals surface area contributed by atoms with Crippen LogP contribution in [0.25, 0.3) is 5.69 Å². The predicted octanol–water partition coefficient (Wildman–Crippen LogP) is 2.34. The number of hydrogen-bond donors (Lipinski definition) is 3. The molecule has 74 valence electrons. The van der Waals surface area contributed by atoms with Gasteiger partial charge in [-0.3, -0.25) is 10.7 Å². The molecule has 0 amide bonds. The third-order valence-electron chi connectivity index (χ3n) is 1.78. The number of nitrogens with one attached hydrogen (secondary N) is 2. The second-order valence-electron chi connectivity index (χ2n) is 2.65. The van der Waals surface area contributed by atoms with Gasteiger partial charge in [-0.2, -0.15) is 3.01 Å². The minimum absolute atomic E-state index is 0.627. The van der Waals surface area contributed by atoms with Crippen molar-refractivity contribution in [1.82, 2.24) is 12.8 Å². The number of nitrogens with zero attached hydrogens (tertiary/aromatic N) is 2. The molecule has 7 heteroatoms. The molecular weight excluding hydrogens is 315 g/mol. The summed E-state index contributed by atoms with van der Waals surface area (Å²) >= 11 is 7.10. The molecule has 0 unspecified atom stereocenters. The second kappa shape index (κ2) is 3.75. The molecular formula is C7H7IN4OS. The van der Waals surface area contributed by atoms with Gasteiger partial charge in [0.15, 0.2) is 0 Å². The van der Waals surface area contributed by atoms with E-state index in [-0.39, 0.29) is 0 Å². The van der Waals surface area contributed by atoms with E-state index in [1.54, 1.807) is 19.8 Å². The maximum absolute atomic E-state index is 8.73. The molecule has 0 aliphatic rings. The number of H-pyrrole nitrogens is 1. The van der Waals surface area contributed by atoms with Crippen LogP contribution in [0.3, 0.4) is 0 Å². The Morgan fingerprint density at radius 2 is 2.29 bits per heavy atom. The highest BCUT2D eigenvalue weighted by atomic mass is 127. The highest BCUT2D eigenvalue weighted by Gasteiger charge is 2.05. The topological polar surface area (TPSA) is 57.9 Å². The molecule has 1 aromatic carbocycles. The van der Waals surface area contributed by atoms with Crippen LogP contribution in [0.1, 0.15) is 0 Å².